The molecule has 0 spiro atoms. The van der Waals surface area contributed by atoms with Gasteiger partial charge < -0.3 is 5.73 Å². The van der Waals surface area contributed by atoms with Crippen molar-refractivity contribution in [3.8, 4) is 0 Å². The second-order valence-corrected chi connectivity index (χ2v) is 6.14. The van der Waals surface area contributed by atoms with Crippen LogP contribution in [0.4, 0.5) is 0 Å². The standard InChI is InChI=1S/C8H13NO2S2/c1-3-7(9)6-4-8(12-5-6)13(2,10)11/h4-5,7H,3,9H2,1-2H3/t7-/m0/s1. The Morgan fingerprint density at radius 3 is 2.62 bits per heavy atom. The monoisotopic (exact) mass is 219 g/mol. The lowest BCUT2D eigenvalue weighted by Gasteiger charge is -2.03. The van der Waals surface area contributed by atoms with Crippen molar-refractivity contribution in [1.82, 2.24) is 0 Å². The highest BCUT2D eigenvalue weighted by molar-refractivity contribution is 7.92. The minimum absolute atomic E-state index is 0.0493. The number of nitrogens with two attached hydrogens (primary N) is 1. The van der Waals surface area contributed by atoms with Crippen molar-refractivity contribution < 1.29 is 8.42 Å². The van der Waals surface area contributed by atoms with Gasteiger partial charge in [0.1, 0.15) is 4.21 Å². The van der Waals surface area contributed by atoms with Gasteiger partial charge in [-0.2, -0.15) is 0 Å². The van der Waals surface area contributed by atoms with Crippen molar-refractivity contribution in [2.24, 2.45) is 5.73 Å². The van der Waals surface area contributed by atoms with Crippen LogP contribution in [0.25, 0.3) is 0 Å². The Balaban J connectivity index is 3.00. The summed E-state index contributed by atoms with van der Waals surface area (Å²) in [7, 11) is -3.06. The van der Waals surface area contributed by atoms with Crippen LogP contribution >= 0.6 is 11.3 Å². The molecule has 2 N–H and O–H groups in total. The highest BCUT2D eigenvalue weighted by atomic mass is 32.2. The zero-order chi connectivity index (χ0) is 10.1. The summed E-state index contributed by atoms with van der Waals surface area (Å²) >= 11 is 1.23. The topological polar surface area (TPSA) is 60.2 Å². The Bertz CT molecular complexity index is 381. The summed E-state index contributed by atoms with van der Waals surface area (Å²) in [5.74, 6) is 0. The summed E-state index contributed by atoms with van der Waals surface area (Å²) < 4.78 is 22.6. The van der Waals surface area contributed by atoms with Crippen molar-refractivity contribution in [3.63, 3.8) is 0 Å². The lowest BCUT2D eigenvalue weighted by molar-refractivity contribution is 0.603. The lowest BCUT2D eigenvalue weighted by Crippen LogP contribution is -2.07. The van der Waals surface area contributed by atoms with E-state index >= 15 is 0 Å². The third kappa shape index (κ3) is 2.52. The van der Waals surface area contributed by atoms with E-state index in [4.69, 9.17) is 5.73 Å². The number of hydrogen-bond donors (Lipinski definition) is 1. The molecule has 3 nitrogen and oxygen atoms in total. The third-order valence-corrected chi connectivity index (χ3v) is 4.61. The predicted octanol–water partition coefficient (Wildman–Crippen LogP) is 1.56. The van der Waals surface area contributed by atoms with Gasteiger partial charge in [0.05, 0.1) is 0 Å². The van der Waals surface area contributed by atoms with Gasteiger partial charge >= 0.3 is 0 Å². The van der Waals surface area contributed by atoms with Gasteiger partial charge in [-0.1, -0.05) is 6.92 Å². The second kappa shape index (κ2) is 3.77. The van der Waals surface area contributed by atoms with Crippen LogP contribution in [0.5, 0.6) is 0 Å². The van der Waals surface area contributed by atoms with Crippen molar-refractivity contribution in [2.45, 2.75) is 23.6 Å². The summed E-state index contributed by atoms with van der Waals surface area (Å²) in [6.07, 6.45) is 2.03. The van der Waals surface area contributed by atoms with Crippen molar-refractivity contribution in [3.05, 3.63) is 17.0 Å². The summed E-state index contributed by atoms with van der Waals surface area (Å²) in [5.41, 5.74) is 6.67. The highest BCUT2D eigenvalue weighted by Crippen LogP contribution is 2.24. The lowest BCUT2D eigenvalue weighted by atomic mass is 10.1. The predicted molar refractivity (Wildman–Crippen MR) is 54.6 cm³/mol. The van der Waals surface area contributed by atoms with Gasteiger partial charge in [-0.25, -0.2) is 8.42 Å². The SMILES string of the molecule is CC[C@H](N)c1csc(S(C)(=O)=O)c1. The molecule has 0 aliphatic heterocycles. The first-order valence-corrected chi connectivity index (χ1v) is 6.76. The zero-order valence-electron chi connectivity index (χ0n) is 7.65. The molecule has 1 rings (SSSR count). The van der Waals surface area contributed by atoms with E-state index in [9.17, 15) is 8.42 Å². The summed E-state index contributed by atoms with van der Waals surface area (Å²) in [5, 5.41) is 1.81. The minimum atomic E-state index is -3.06. The van der Waals surface area contributed by atoms with E-state index in [0.29, 0.717) is 4.21 Å². The van der Waals surface area contributed by atoms with Crippen LogP contribution in [-0.4, -0.2) is 14.7 Å². The quantitative estimate of drug-likeness (QED) is 0.839. The number of thiophene rings is 1. The molecular weight excluding hydrogens is 206 g/mol. The Kier molecular flexibility index (Phi) is 3.10. The van der Waals surface area contributed by atoms with Crippen LogP contribution in [-0.2, 0) is 9.84 Å². The minimum Gasteiger partial charge on any atom is -0.324 e. The fourth-order valence-corrected chi connectivity index (χ4v) is 2.85. The molecule has 0 fully saturated rings. The van der Waals surface area contributed by atoms with Crippen molar-refractivity contribution in [1.29, 1.82) is 0 Å². The number of hydrogen-bond acceptors (Lipinski definition) is 4. The van der Waals surface area contributed by atoms with Gasteiger partial charge in [-0.05, 0) is 23.4 Å². The molecule has 0 saturated carbocycles. The van der Waals surface area contributed by atoms with E-state index in [1.807, 2.05) is 12.3 Å². The molecule has 0 unspecified atom stereocenters. The molecule has 13 heavy (non-hydrogen) atoms. The molecule has 1 aromatic heterocycles. The van der Waals surface area contributed by atoms with Crippen molar-refractivity contribution in [2.75, 3.05) is 6.26 Å². The fraction of sp³-hybridized carbons (Fsp3) is 0.500. The zero-order valence-corrected chi connectivity index (χ0v) is 9.28. The Morgan fingerprint density at radius 1 is 1.62 bits per heavy atom. The Morgan fingerprint density at radius 2 is 2.23 bits per heavy atom. The maximum absolute atomic E-state index is 11.1. The largest absolute Gasteiger partial charge is 0.324 e. The van der Waals surface area contributed by atoms with Crippen molar-refractivity contribution >= 4 is 21.2 Å². The first-order chi connectivity index (χ1) is 5.95. The Hall–Kier alpha value is -0.390. The van der Waals surface area contributed by atoms with Crippen LogP contribution in [0.3, 0.4) is 0 Å². The van der Waals surface area contributed by atoms with E-state index in [2.05, 4.69) is 0 Å². The van der Waals surface area contributed by atoms with Gasteiger partial charge in [0, 0.05) is 12.3 Å². The molecular formula is C8H13NO2S2. The summed E-state index contributed by atoms with van der Waals surface area (Å²) in [6, 6.07) is 1.61. The normalized spacial score (nSPS) is 14.4. The molecule has 0 radical (unpaired) electrons. The van der Waals surface area contributed by atoms with Gasteiger partial charge in [-0.15, -0.1) is 11.3 Å². The second-order valence-electron chi connectivity index (χ2n) is 2.99. The molecule has 0 bridgehead atoms. The van der Waals surface area contributed by atoms with Gasteiger partial charge in [-0.3, -0.25) is 0 Å². The van der Waals surface area contributed by atoms with E-state index in [0.717, 1.165) is 12.0 Å². The molecule has 0 saturated heterocycles. The first-order valence-electron chi connectivity index (χ1n) is 3.99. The maximum atomic E-state index is 11.1. The van der Waals surface area contributed by atoms with E-state index in [1.54, 1.807) is 6.07 Å². The van der Waals surface area contributed by atoms with Gasteiger partial charge in [0.15, 0.2) is 9.84 Å². The Labute approximate surface area is 82.5 Å². The first kappa shape index (κ1) is 10.7. The molecule has 0 amide bonds. The number of sulfone groups is 1. The highest BCUT2D eigenvalue weighted by Gasteiger charge is 2.12. The molecule has 1 heterocycles. The molecule has 0 aliphatic rings. The van der Waals surface area contributed by atoms with Crippen LogP contribution in [0.15, 0.2) is 15.7 Å². The molecule has 1 atom stereocenters. The maximum Gasteiger partial charge on any atom is 0.184 e. The third-order valence-electron chi connectivity index (χ3n) is 1.83. The molecule has 0 aliphatic carbocycles. The smallest absolute Gasteiger partial charge is 0.184 e. The molecule has 5 heteroatoms. The van der Waals surface area contributed by atoms with Crippen LogP contribution in [0.1, 0.15) is 24.9 Å². The summed E-state index contributed by atoms with van der Waals surface area (Å²) in [6.45, 7) is 1.97. The molecule has 1 aromatic rings. The van der Waals surface area contributed by atoms with Gasteiger partial charge in [0.2, 0.25) is 0 Å². The number of rotatable bonds is 3. The van der Waals surface area contributed by atoms with Crippen LogP contribution in [0.2, 0.25) is 0 Å². The van der Waals surface area contributed by atoms with Crippen LogP contribution < -0.4 is 5.73 Å². The van der Waals surface area contributed by atoms with Gasteiger partial charge in [0.25, 0.3) is 0 Å². The molecule has 74 valence electrons. The van der Waals surface area contributed by atoms with Crippen LogP contribution in [0, 0.1) is 0 Å². The average molecular weight is 219 g/mol. The van der Waals surface area contributed by atoms with E-state index < -0.39 is 9.84 Å². The van der Waals surface area contributed by atoms with E-state index in [1.165, 1.54) is 17.6 Å². The average Bonchev–Trinajstić information content (AvgIpc) is 2.50. The van der Waals surface area contributed by atoms with E-state index in [-0.39, 0.29) is 6.04 Å². The fourth-order valence-electron chi connectivity index (χ4n) is 0.955. The summed E-state index contributed by atoms with van der Waals surface area (Å²) in [4.78, 5) is 0. The molecule has 0 aromatic carbocycles.